The normalized spacial score (nSPS) is 28.8. The summed E-state index contributed by atoms with van der Waals surface area (Å²) in [7, 11) is 0. The number of carbonyl (C=O) groups is 1. The number of likely N-dealkylation sites (tertiary alicyclic amines) is 1. The highest BCUT2D eigenvalue weighted by Gasteiger charge is 2.30. The Hall–Kier alpha value is -0.450. The number of aliphatic hydroxyl groups excluding tert-OH is 1. The molecular weight excluding hydrogens is 206 g/mol. The minimum atomic E-state index is 0.108. The van der Waals surface area contributed by atoms with Crippen LogP contribution in [0.3, 0.4) is 0 Å². The molecule has 2 rings (SSSR count). The minimum absolute atomic E-state index is 0.108. The molecule has 0 bridgehead atoms. The average molecular weight is 227 g/mol. The molecule has 0 aromatic carbocycles. The molecule has 4 nitrogen and oxygen atoms in total. The van der Waals surface area contributed by atoms with Crippen molar-refractivity contribution in [1.82, 2.24) is 4.90 Å². The van der Waals surface area contributed by atoms with Crippen LogP contribution in [0.5, 0.6) is 0 Å². The van der Waals surface area contributed by atoms with Crippen LogP contribution >= 0.6 is 0 Å². The van der Waals surface area contributed by atoms with E-state index in [1.165, 1.54) is 0 Å². The summed E-state index contributed by atoms with van der Waals surface area (Å²) in [4.78, 5) is 13.7. The standard InChI is InChI=1S/C12H21NO3/c14-7-8-16-12-3-5-13(6-4-12)10-1-2-11(15)9-10/h10,12,14H,1-9H2. The van der Waals surface area contributed by atoms with E-state index >= 15 is 0 Å². The molecule has 1 saturated heterocycles. The monoisotopic (exact) mass is 227 g/mol. The van der Waals surface area contributed by atoms with Gasteiger partial charge in [0.15, 0.2) is 0 Å². The van der Waals surface area contributed by atoms with Crippen molar-refractivity contribution < 1.29 is 14.6 Å². The predicted octanol–water partition coefficient (Wildman–Crippen LogP) is 0.581. The van der Waals surface area contributed by atoms with E-state index in [2.05, 4.69) is 4.90 Å². The Morgan fingerprint density at radius 2 is 2.06 bits per heavy atom. The second-order valence-corrected chi connectivity index (χ2v) is 4.77. The van der Waals surface area contributed by atoms with Crippen LogP contribution in [0.25, 0.3) is 0 Å². The summed E-state index contributed by atoms with van der Waals surface area (Å²) in [5.41, 5.74) is 0. The van der Waals surface area contributed by atoms with Gasteiger partial charge in [-0.2, -0.15) is 0 Å². The van der Waals surface area contributed by atoms with Gasteiger partial charge in [0.2, 0.25) is 0 Å². The smallest absolute Gasteiger partial charge is 0.134 e. The molecule has 1 unspecified atom stereocenters. The Morgan fingerprint density at radius 3 is 2.62 bits per heavy atom. The Kier molecular flexibility index (Phi) is 4.32. The van der Waals surface area contributed by atoms with Crippen molar-refractivity contribution in [3.8, 4) is 0 Å². The van der Waals surface area contributed by atoms with Crippen molar-refractivity contribution in [2.45, 2.75) is 44.2 Å². The maximum atomic E-state index is 11.2. The molecule has 1 heterocycles. The fraction of sp³-hybridized carbons (Fsp3) is 0.917. The van der Waals surface area contributed by atoms with Crippen LogP contribution in [0.15, 0.2) is 0 Å². The van der Waals surface area contributed by atoms with E-state index in [0.29, 0.717) is 24.5 Å². The molecule has 2 aliphatic rings. The van der Waals surface area contributed by atoms with Gasteiger partial charge in [0.1, 0.15) is 5.78 Å². The molecule has 1 N–H and O–H groups in total. The maximum absolute atomic E-state index is 11.2. The van der Waals surface area contributed by atoms with Gasteiger partial charge >= 0.3 is 0 Å². The lowest BCUT2D eigenvalue weighted by Crippen LogP contribution is -2.42. The molecule has 0 aromatic rings. The van der Waals surface area contributed by atoms with E-state index in [9.17, 15) is 4.79 Å². The molecule has 0 aromatic heterocycles. The van der Waals surface area contributed by atoms with Gasteiger partial charge in [-0.05, 0) is 19.3 Å². The first-order valence-electron chi connectivity index (χ1n) is 6.28. The summed E-state index contributed by atoms with van der Waals surface area (Å²) in [6.45, 7) is 2.63. The van der Waals surface area contributed by atoms with Gasteiger partial charge < -0.3 is 9.84 Å². The summed E-state index contributed by atoms with van der Waals surface area (Å²) in [5.74, 6) is 0.420. The van der Waals surface area contributed by atoms with E-state index < -0.39 is 0 Å². The van der Waals surface area contributed by atoms with Crippen LogP contribution in [0.4, 0.5) is 0 Å². The van der Waals surface area contributed by atoms with Crippen molar-refractivity contribution in [1.29, 1.82) is 0 Å². The summed E-state index contributed by atoms with van der Waals surface area (Å²) in [6, 6.07) is 0.492. The zero-order valence-electron chi connectivity index (χ0n) is 9.73. The Morgan fingerprint density at radius 1 is 1.31 bits per heavy atom. The van der Waals surface area contributed by atoms with Crippen LogP contribution < -0.4 is 0 Å². The number of rotatable bonds is 4. The number of aliphatic hydroxyl groups is 1. The first-order chi connectivity index (χ1) is 7.79. The minimum Gasteiger partial charge on any atom is -0.394 e. The van der Waals surface area contributed by atoms with Gasteiger partial charge in [-0.25, -0.2) is 0 Å². The second-order valence-electron chi connectivity index (χ2n) is 4.77. The molecule has 4 heteroatoms. The van der Waals surface area contributed by atoms with Crippen LogP contribution in [-0.2, 0) is 9.53 Å². The van der Waals surface area contributed by atoms with Crippen molar-refractivity contribution >= 4 is 5.78 Å². The lowest BCUT2D eigenvalue weighted by Gasteiger charge is -2.35. The lowest BCUT2D eigenvalue weighted by atomic mass is 10.0. The molecule has 1 atom stereocenters. The summed E-state index contributed by atoms with van der Waals surface area (Å²) in [5, 5.41) is 8.68. The van der Waals surface area contributed by atoms with Crippen molar-refractivity contribution in [2.75, 3.05) is 26.3 Å². The van der Waals surface area contributed by atoms with Crippen LogP contribution in [0, 0.1) is 0 Å². The average Bonchev–Trinajstić information content (AvgIpc) is 2.74. The third-order valence-electron chi connectivity index (χ3n) is 3.66. The Labute approximate surface area is 96.6 Å². The van der Waals surface area contributed by atoms with Crippen LogP contribution in [0.1, 0.15) is 32.1 Å². The van der Waals surface area contributed by atoms with Crippen LogP contribution in [-0.4, -0.2) is 54.2 Å². The van der Waals surface area contributed by atoms with E-state index in [1.54, 1.807) is 0 Å². The molecular formula is C12H21NO3. The third-order valence-corrected chi connectivity index (χ3v) is 3.66. The van der Waals surface area contributed by atoms with Crippen LogP contribution in [0.2, 0.25) is 0 Å². The second kappa shape index (κ2) is 5.75. The number of Topliss-reactive ketones (excluding diaryl/α,β-unsaturated/α-hetero) is 1. The number of hydrogen-bond acceptors (Lipinski definition) is 4. The number of hydrogen-bond donors (Lipinski definition) is 1. The molecule has 0 radical (unpaired) electrons. The van der Waals surface area contributed by atoms with E-state index in [-0.39, 0.29) is 6.61 Å². The third kappa shape index (κ3) is 3.03. The fourth-order valence-electron chi connectivity index (χ4n) is 2.73. The Bertz CT molecular complexity index is 236. The molecule has 92 valence electrons. The molecule has 16 heavy (non-hydrogen) atoms. The number of piperidine rings is 1. The summed E-state index contributed by atoms with van der Waals surface area (Å²) >= 11 is 0. The first-order valence-corrected chi connectivity index (χ1v) is 6.28. The highest BCUT2D eigenvalue weighted by molar-refractivity contribution is 5.81. The van der Waals surface area contributed by atoms with Gasteiger partial charge in [0, 0.05) is 32.0 Å². The largest absolute Gasteiger partial charge is 0.394 e. The zero-order valence-corrected chi connectivity index (χ0v) is 9.73. The topological polar surface area (TPSA) is 49.8 Å². The van der Waals surface area contributed by atoms with Crippen molar-refractivity contribution in [3.05, 3.63) is 0 Å². The van der Waals surface area contributed by atoms with Crippen molar-refractivity contribution in [3.63, 3.8) is 0 Å². The first kappa shape index (κ1) is 12.0. The van der Waals surface area contributed by atoms with Gasteiger partial charge in [0.25, 0.3) is 0 Å². The molecule has 1 aliphatic heterocycles. The van der Waals surface area contributed by atoms with Gasteiger partial charge in [-0.15, -0.1) is 0 Å². The predicted molar refractivity (Wildman–Crippen MR) is 60.3 cm³/mol. The number of nitrogens with zero attached hydrogens (tertiary/aromatic N) is 1. The van der Waals surface area contributed by atoms with E-state index in [0.717, 1.165) is 45.2 Å². The molecule has 1 aliphatic carbocycles. The van der Waals surface area contributed by atoms with E-state index in [1.807, 2.05) is 0 Å². The van der Waals surface area contributed by atoms with Gasteiger partial charge in [-0.3, -0.25) is 9.69 Å². The maximum Gasteiger partial charge on any atom is 0.134 e. The summed E-state index contributed by atoms with van der Waals surface area (Å²) < 4.78 is 5.52. The van der Waals surface area contributed by atoms with Gasteiger partial charge in [0.05, 0.1) is 19.3 Å². The molecule has 1 saturated carbocycles. The van der Waals surface area contributed by atoms with E-state index in [4.69, 9.17) is 9.84 Å². The van der Waals surface area contributed by atoms with Crippen molar-refractivity contribution in [2.24, 2.45) is 0 Å². The zero-order chi connectivity index (χ0) is 11.4. The number of ether oxygens (including phenoxy) is 1. The lowest BCUT2D eigenvalue weighted by molar-refractivity contribution is -0.117. The quantitative estimate of drug-likeness (QED) is 0.763. The van der Waals surface area contributed by atoms with Gasteiger partial charge in [-0.1, -0.05) is 0 Å². The molecule has 0 spiro atoms. The summed E-state index contributed by atoms with van der Waals surface area (Å²) in [6.07, 6.45) is 4.94. The Balaban J connectivity index is 1.70. The number of ketones is 1. The molecule has 2 fully saturated rings. The SMILES string of the molecule is O=C1CCC(N2CCC(OCCO)CC2)C1. The molecule has 0 amide bonds. The highest BCUT2D eigenvalue weighted by Crippen LogP contribution is 2.24. The number of carbonyl (C=O) groups excluding carboxylic acids is 1. The fourth-order valence-corrected chi connectivity index (χ4v) is 2.73. The highest BCUT2D eigenvalue weighted by atomic mass is 16.5.